The maximum atomic E-state index is 13.9. The van der Waals surface area contributed by atoms with Gasteiger partial charge in [0.2, 0.25) is 0 Å². The molecule has 2 aromatic rings. The van der Waals surface area contributed by atoms with Crippen molar-refractivity contribution in [3.05, 3.63) is 68.9 Å². The largest absolute Gasteiger partial charge is 0.396 e. The lowest BCUT2D eigenvalue weighted by atomic mass is 9.90. The number of hydrogen-bond donors (Lipinski definition) is 3. The number of halogens is 3. The van der Waals surface area contributed by atoms with Crippen molar-refractivity contribution in [3.63, 3.8) is 0 Å². The Morgan fingerprint density at radius 2 is 1.88 bits per heavy atom. The van der Waals surface area contributed by atoms with Crippen molar-refractivity contribution in [2.24, 2.45) is 5.92 Å². The van der Waals surface area contributed by atoms with Crippen LogP contribution in [0.25, 0.3) is 0 Å². The van der Waals surface area contributed by atoms with Gasteiger partial charge in [-0.2, -0.15) is 0 Å². The van der Waals surface area contributed by atoms with Gasteiger partial charge in [-0.15, -0.1) is 0 Å². The van der Waals surface area contributed by atoms with Crippen molar-refractivity contribution < 1.29 is 33.0 Å². The minimum atomic E-state index is -1.43. The van der Waals surface area contributed by atoms with E-state index in [2.05, 4.69) is 5.32 Å². The van der Waals surface area contributed by atoms with Crippen LogP contribution in [-0.2, 0) is 6.54 Å². The number of hydrogen-bond acceptors (Lipinski definition) is 5. The number of amides is 2. The number of aliphatic hydroxyl groups excluding tert-OH is 1. The molecule has 2 amide bonds. The van der Waals surface area contributed by atoms with E-state index in [1.54, 1.807) is 0 Å². The molecule has 0 saturated carbocycles. The standard InChI is InChI=1S/C23H24F3N3O5/c1-23(34)4-2-12(3-5-30)19-11-29(23)22(33)18-8-20(31)15(10-28(18)19)21(32)27-9-14-16(25)6-13(24)7-17(14)26/h6-8,10,12,19,30,34H,2-5,9,11H2,1H3,(H,27,32). The SMILES string of the molecule is CC1(O)CCC(CCO)C2CN1C(=O)c1cc(=O)c(C(=O)NCc3c(F)cc(F)cc3F)cn12. The van der Waals surface area contributed by atoms with Gasteiger partial charge in [0.1, 0.15) is 34.4 Å². The highest BCUT2D eigenvalue weighted by atomic mass is 19.1. The first kappa shape index (κ1) is 24.0. The van der Waals surface area contributed by atoms with Crippen molar-refractivity contribution in [2.75, 3.05) is 13.2 Å². The highest BCUT2D eigenvalue weighted by Crippen LogP contribution is 2.40. The summed E-state index contributed by atoms with van der Waals surface area (Å²) in [5, 5.41) is 22.6. The summed E-state index contributed by atoms with van der Waals surface area (Å²) in [5.74, 6) is -5.08. The molecule has 3 heterocycles. The first-order valence-corrected chi connectivity index (χ1v) is 10.9. The van der Waals surface area contributed by atoms with Crippen LogP contribution in [0.1, 0.15) is 58.6 Å². The molecule has 2 aliphatic rings. The first-order valence-electron chi connectivity index (χ1n) is 10.9. The number of benzene rings is 1. The van der Waals surface area contributed by atoms with Crippen LogP contribution in [0, 0.1) is 23.4 Å². The van der Waals surface area contributed by atoms with Crippen molar-refractivity contribution in [3.8, 4) is 0 Å². The van der Waals surface area contributed by atoms with E-state index in [4.69, 9.17) is 0 Å². The molecule has 4 rings (SSSR count). The van der Waals surface area contributed by atoms with Crippen molar-refractivity contribution in [2.45, 2.75) is 44.5 Å². The quantitative estimate of drug-likeness (QED) is 0.605. The van der Waals surface area contributed by atoms with Crippen LogP contribution in [0.2, 0.25) is 0 Å². The van der Waals surface area contributed by atoms with E-state index in [1.165, 1.54) is 22.6 Å². The molecular weight excluding hydrogens is 455 g/mol. The van der Waals surface area contributed by atoms with E-state index in [0.717, 1.165) is 6.07 Å². The summed E-state index contributed by atoms with van der Waals surface area (Å²) in [7, 11) is 0. The third-order valence-corrected chi connectivity index (χ3v) is 6.66. The summed E-state index contributed by atoms with van der Waals surface area (Å²) < 4.78 is 42.4. The smallest absolute Gasteiger partial charge is 0.272 e. The summed E-state index contributed by atoms with van der Waals surface area (Å²) in [6.45, 7) is 0.908. The van der Waals surface area contributed by atoms with E-state index in [-0.39, 0.29) is 36.7 Å². The Morgan fingerprint density at radius 3 is 2.53 bits per heavy atom. The molecule has 1 saturated heterocycles. The lowest BCUT2D eigenvalue weighted by molar-refractivity contribution is -0.0792. The second-order valence-corrected chi connectivity index (χ2v) is 8.89. The van der Waals surface area contributed by atoms with Gasteiger partial charge in [-0.05, 0) is 32.1 Å². The molecule has 3 N–H and O–H groups in total. The van der Waals surface area contributed by atoms with E-state index < -0.39 is 58.6 Å². The van der Waals surface area contributed by atoms with E-state index in [9.17, 15) is 37.8 Å². The summed E-state index contributed by atoms with van der Waals surface area (Å²) in [4.78, 5) is 39.8. The highest BCUT2D eigenvalue weighted by Gasteiger charge is 2.45. The maximum absolute atomic E-state index is 13.9. The number of nitrogens with one attached hydrogen (secondary N) is 1. The third kappa shape index (κ3) is 4.21. The van der Waals surface area contributed by atoms with Gasteiger partial charge in [-0.1, -0.05) is 0 Å². The van der Waals surface area contributed by atoms with Gasteiger partial charge in [0.15, 0.2) is 5.43 Å². The van der Waals surface area contributed by atoms with Crippen LogP contribution in [0.5, 0.6) is 0 Å². The number of pyridine rings is 1. The maximum Gasteiger partial charge on any atom is 0.272 e. The minimum Gasteiger partial charge on any atom is -0.396 e. The van der Waals surface area contributed by atoms with Gasteiger partial charge >= 0.3 is 0 Å². The summed E-state index contributed by atoms with van der Waals surface area (Å²) in [5.41, 5.74) is -3.12. The zero-order chi connectivity index (χ0) is 24.8. The van der Waals surface area contributed by atoms with E-state index in [0.29, 0.717) is 25.0 Å². The first-order chi connectivity index (χ1) is 16.0. The van der Waals surface area contributed by atoms with E-state index in [1.807, 2.05) is 0 Å². The van der Waals surface area contributed by atoms with Crippen LogP contribution < -0.4 is 10.7 Å². The topological polar surface area (TPSA) is 112 Å². The Hall–Kier alpha value is -3.18. The molecule has 2 bridgehead atoms. The molecule has 3 unspecified atom stereocenters. The number of aliphatic hydroxyl groups is 2. The van der Waals surface area contributed by atoms with Crippen LogP contribution in [0.4, 0.5) is 13.2 Å². The van der Waals surface area contributed by atoms with Gasteiger partial charge < -0.3 is 25.0 Å². The van der Waals surface area contributed by atoms with Gasteiger partial charge in [0.05, 0.1) is 6.04 Å². The monoisotopic (exact) mass is 479 g/mol. The lowest BCUT2D eigenvalue weighted by Crippen LogP contribution is -2.54. The molecule has 2 aliphatic heterocycles. The Bertz CT molecular complexity index is 1190. The highest BCUT2D eigenvalue weighted by molar-refractivity contribution is 5.97. The van der Waals surface area contributed by atoms with Crippen LogP contribution in [0.3, 0.4) is 0 Å². The molecular formula is C23H24F3N3O5. The van der Waals surface area contributed by atoms with Gasteiger partial charge in [-0.25, -0.2) is 13.2 Å². The number of fused-ring (bicyclic) bond motifs is 4. The second-order valence-electron chi connectivity index (χ2n) is 8.89. The lowest BCUT2D eigenvalue weighted by Gasteiger charge is -2.42. The zero-order valence-electron chi connectivity index (χ0n) is 18.4. The molecule has 1 aromatic carbocycles. The van der Waals surface area contributed by atoms with Crippen LogP contribution in [0.15, 0.2) is 29.2 Å². The fraction of sp³-hybridized carbons (Fsp3) is 0.435. The fourth-order valence-corrected chi connectivity index (χ4v) is 4.75. The average molecular weight is 479 g/mol. The molecule has 11 heteroatoms. The molecule has 34 heavy (non-hydrogen) atoms. The minimum absolute atomic E-state index is 0.00135. The van der Waals surface area contributed by atoms with Crippen molar-refractivity contribution >= 4 is 11.8 Å². The molecule has 1 aromatic heterocycles. The number of nitrogens with zero attached hydrogens (tertiary/aromatic N) is 2. The van der Waals surface area contributed by atoms with Crippen molar-refractivity contribution in [1.29, 1.82) is 0 Å². The summed E-state index contributed by atoms with van der Waals surface area (Å²) in [6, 6.07) is 1.57. The average Bonchev–Trinajstić information content (AvgIpc) is 2.87. The van der Waals surface area contributed by atoms with Gasteiger partial charge in [0.25, 0.3) is 11.8 Å². The molecule has 1 fully saturated rings. The van der Waals surface area contributed by atoms with Gasteiger partial charge in [0, 0.05) is 49.7 Å². The Balaban J connectivity index is 1.68. The van der Waals surface area contributed by atoms with Crippen LogP contribution >= 0.6 is 0 Å². The normalized spacial score (nSPS) is 23.9. The summed E-state index contributed by atoms with van der Waals surface area (Å²) in [6.07, 6.45) is 2.40. The fourth-order valence-electron chi connectivity index (χ4n) is 4.75. The molecule has 182 valence electrons. The number of rotatable bonds is 5. The second kappa shape index (κ2) is 8.88. The number of carbonyl (C=O) groups excluding carboxylic acids is 2. The molecule has 0 spiro atoms. The predicted molar refractivity (Wildman–Crippen MR) is 113 cm³/mol. The Kier molecular flexibility index (Phi) is 6.26. The van der Waals surface area contributed by atoms with Gasteiger partial charge in [-0.3, -0.25) is 14.4 Å². The number of carbonyl (C=O) groups is 2. The summed E-state index contributed by atoms with van der Waals surface area (Å²) >= 11 is 0. The number of aromatic nitrogens is 1. The zero-order valence-corrected chi connectivity index (χ0v) is 18.4. The van der Waals surface area contributed by atoms with Crippen LogP contribution in [-0.4, -0.2) is 50.4 Å². The van der Waals surface area contributed by atoms with Crippen molar-refractivity contribution in [1.82, 2.24) is 14.8 Å². The molecule has 8 nitrogen and oxygen atoms in total. The predicted octanol–water partition coefficient (Wildman–Crippen LogP) is 1.69. The third-order valence-electron chi connectivity index (χ3n) is 6.66. The molecule has 0 aliphatic carbocycles. The Labute approximate surface area is 192 Å². The Morgan fingerprint density at radius 1 is 1.21 bits per heavy atom. The molecule has 3 atom stereocenters. The molecule has 0 radical (unpaired) electrons. The van der Waals surface area contributed by atoms with E-state index >= 15 is 0 Å².